The number of carbonyl (C=O) groups excluding carboxylic acids is 1. The highest BCUT2D eigenvalue weighted by Crippen LogP contribution is 2.24. The minimum atomic E-state index is -3.47. The third-order valence-electron chi connectivity index (χ3n) is 5.66. The summed E-state index contributed by atoms with van der Waals surface area (Å²) >= 11 is 0. The summed E-state index contributed by atoms with van der Waals surface area (Å²) in [7, 11) is -3.47. The van der Waals surface area contributed by atoms with Gasteiger partial charge in [-0.3, -0.25) is 4.79 Å². The minimum Gasteiger partial charge on any atom is -0.441 e. The summed E-state index contributed by atoms with van der Waals surface area (Å²) in [6.07, 6.45) is 3.01. The van der Waals surface area contributed by atoms with Crippen LogP contribution in [0.5, 0.6) is 0 Å². The molecule has 1 fully saturated rings. The van der Waals surface area contributed by atoms with Gasteiger partial charge >= 0.3 is 0 Å². The molecule has 32 heavy (non-hydrogen) atoms. The van der Waals surface area contributed by atoms with Crippen LogP contribution >= 0.6 is 0 Å². The number of nitrogens with one attached hydrogen (secondary N) is 1. The number of aryl methyl sites for hydroxylation is 2. The SMILES string of the molecule is Cc1nc(-c2cccc(NC(=O)Cc3ccc(S(=O)(=O)N4CCCCC4)cc3)c2)oc1C. The molecular formula is C24H27N3O4S. The fraction of sp³-hybridized carbons (Fsp3) is 0.333. The first kappa shape index (κ1) is 22.2. The van der Waals surface area contributed by atoms with E-state index in [-0.39, 0.29) is 17.2 Å². The Bertz CT molecular complexity index is 1190. The van der Waals surface area contributed by atoms with Gasteiger partial charge in [0.2, 0.25) is 21.8 Å². The molecule has 4 rings (SSSR count). The molecule has 0 atom stereocenters. The zero-order chi connectivity index (χ0) is 22.7. The van der Waals surface area contributed by atoms with Crippen LogP contribution in [0, 0.1) is 13.8 Å². The van der Waals surface area contributed by atoms with Gasteiger partial charge in [0.25, 0.3) is 0 Å². The molecule has 168 valence electrons. The lowest BCUT2D eigenvalue weighted by Gasteiger charge is -2.25. The quantitative estimate of drug-likeness (QED) is 0.600. The second kappa shape index (κ2) is 9.26. The van der Waals surface area contributed by atoms with Gasteiger partial charge in [-0.1, -0.05) is 24.6 Å². The van der Waals surface area contributed by atoms with Crippen LogP contribution in [0.4, 0.5) is 5.69 Å². The van der Waals surface area contributed by atoms with Crippen LogP contribution < -0.4 is 5.32 Å². The van der Waals surface area contributed by atoms with E-state index in [2.05, 4.69) is 10.3 Å². The van der Waals surface area contributed by atoms with Crippen molar-refractivity contribution < 1.29 is 17.6 Å². The van der Waals surface area contributed by atoms with Crippen molar-refractivity contribution >= 4 is 21.6 Å². The Balaban J connectivity index is 1.41. The molecule has 7 nitrogen and oxygen atoms in total. The Hall–Kier alpha value is -2.97. The number of amides is 1. The van der Waals surface area contributed by atoms with Crippen LogP contribution in [0.3, 0.4) is 0 Å². The van der Waals surface area contributed by atoms with Crippen molar-refractivity contribution in [2.24, 2.45) is 0 Å². The highest BCUT2D eigenvalue weighted by atomic mass is 32.2. The Labute approximate surface area is 188 Å². The summed E-state index contributed by atoms with van der Waals surface area (Å²) < 4.78 is 32.7. The van der Waals surface area contributed by atoms with Gasteiger partial charge in [-0.25, -0.2) is 13.4 Å². The van der Waals surface area contributed by atoms with E-state index >= 15 is 0 Å². The normalized spacial score (nSPS) is 14.9. The summed E-state index contributed by atoms with van der Waals surface area (Å²) in [6, 6.07) is 13.9. The van der Waals surface area contributed by atoms with Crippen LogP contribution in [0.15, 0.2) is 57.8 Å². The van der Waals surface area contributed by atoms with E-state index in [1.54, 1.807) is 34.6 Å². The highest BCUT2D eigenvalue weighted by molar-refractivity contribution is 7.89. The number of rotatable bonds is 6. The Morgan fingerprint density at radius 1 is 1.06 bits per heavy atom. The van der Waals surface area contributed by atoms with E-state index in [0.29, 0.717) is 24.7 Å². The van der Waals surface area contributed by atoms with Crippen molar-refractivity contribution in [2.75, 3.05) is 18.4 Å². The van der Waals surface area contributed by atoms with Gasteiger partial charge in [-0.15, -0.1) is 0 Å². The lowest BCUT2D eigenvalue weighted by Crippen LogP contribution is -2.35. The van der Waals surface area contributed by atoms with Crippen LogP contribution in [0.1, 0.15) is 36.3 Å². The Morgan fingerprint density at radius 2 is 1.78 bits per heavy atom. The molecule has 8 heteroatoms. The van der Waals surface area contributed by atoms with Crippen LogP contribution in [-0.2, 0) is 21.2 Å². The molecule has 0 bridgehead atoms. The molecule has 1 aliphatic rings. The number of piperidine rings is 1. The van der Waals surface area contributed by atoms with Crippen molar-refractivity contribution in [1.29, 1.82) is 0 Å². The molecule has 1 N–H and O–H groups in total. The van der Waals surface area contributed by atoms with Crippen molar-refractivity contribution in [3.8, 4) is 11.5 Å². The second-order valence-corrected chi connectivity index (χ2v) is 10.0. The van der Waals surface area contributed by atoms with E-state index in [4.69, 9.17) is 4.42 Å². The fourth-order valence-electron chi connectivity index (χ4n) is 3.75. The number of carbonyl (C=O) groups is 1. The molecule has 1 amide bonds. The summed E-state index contributed by atoms with van der Waals surface area (Å²) in [5.41, 5.74) is 3.01. The van der Waals surface area contributed by atoms with Gasteiger partial charge in [0.1, 0.15) is 5.76 Å². The number of oxazole rings is 1. The van der Waals surface area contributed by atoms with E-state index in [1.807, 2.05) is 32.0 Å². The molecule has 3 aromatic rings. The molecule has 1 aromatic heterocycles. The number of anilines is 1. The first-order chi connectivity index (χ1) is 15.3. The number of nitrogens with zero attached hydrogens (tertiary/aromatic N) is 2. The largest absolute Gasteiger partial charge is 0.441 e. The molecule has 1 saturated heterocycles. The number of hydrogen-bond acceptors (Lipinski definition) is 5. The van der Waals surface area contributed by atoms with Gasteiger partial charge in [0.15, 0.2) is 0 Å². The maximum Gasteiger partial charge on any atom is 0.243 e. The summed E-state index contributed by atoms with van der Waals surface area (Å²) in [4.78, 5) is 17.2. The first-order valence-electron chi connectivity index (χ1n) is 10.8. The lowest BCUT2D eigenvalue weighted by molar-refractivity contribution is -0.115. The monoisotopic (exact) mass is 453 g/mol. The van der Waals surface area contributed by atoms with E-state index < -0.39 is 10.0 Å². The third-order valence-corrected chi connectivity index (χ3v) is 7.58. The number of aromatic nitrogens is 1. The molecular weight excluding hydrogens is 426 g/mol. The average Bonchev–Trinajstić information content (AvgIpc) is 3.13. The maximum absolute atomic E-state index is 12.8. The van der Waals surface area contributed by atoms with E-state index in [0.717, 1.165) is 41.8 Å². The summed E-state index contributed by atoms with van der Waals surface area (Å²) in [6.45, 7) is 4.88. The predicted molar refractivity (Wildman–Crippen MR) is 123 cm³/mol. The number of hydrogen-bond donors (Lipinski definition) is 1. The molecule has 2 heterocycles. The topological polar surface area (TPSA) is 92.5 Å². The lowest BCUT2D eigenvalue weighted by atomic mass is 10.1. The summed E-state index contributed by atoms with van der Waals surface area (Å²) in [5, 5.41) is 2.88. The second-order valence-electron chi connectivity index (χ2n) is 8.08. The zero-order valence-corrected chi connectivity index (χ0v) is 19.1. The van der Waals surface area contributed by atoms with E-state index in [1.165, 1.54) is 0 Å². The van der Waals surface area contributed by atoms with Crippen LogP contribution in [-0.4, -0.2) is 36.7 Å². The Morgan fingerprint density at radius 3 is 2.44 bits per heavy atom. The van der Waals surface area contributed by atoms with Gasteiger partial charge in [-0.05, 0) is 62.6 Å². The van der Waals surface area contributed by atoms with Gasteiger partial charge < -0.3 is 9.73 Å². The van der Waals surface area contributed by atoms with Crippen molar-refractivity contribution in [1.82, 2.24) is 9.29 Å². The van der Waals surface area contributed by atoms with Crippen molar-refractivity contribution in [2.45, 2.75) is 44.4 Å². The summed E-state index contributed by atoms with van der Waals surface area (Å²) in [5.74, 6) is 1.09. The molecule has 0 saturated carbocycles. The average molecular weight is 454 g/mol. The fourth-order valence-corrected chi connectivity index (χ4v) is 5.27. The third kappa shape index (κ3) is 4.92. The Kier molecular flexibility index (Phi) is 6.43. The number of benzene rings is 2. The molecule has 1 aliphatic heterocycles. The van der Waals surface area contributed by atoms with Crippen molar-refractivity contribution in [3.05, 3.63) is 65.5 Å². The minimum absolute atomic E-state index is 0.144. The zero-order valence-electron chi connectivity index (χ0n) is 18.3. The first-order valence-corrected chi connectivity index (χ1v) is 12.2. The van der Waals surface area contributed by atoms with Crippen LogP contribution in [0.25, 0.3) is 11.5 Å². The van der Waals surface area contributed by atoms with Crippen LogP contribution in [0.2, 0.25) is 0 Å². The molecule has 0 unspecified atom stereocenters. The predicted octanol–water partition coefficient (Wildman–Crippen LogP) is 4.31. The molecule has 2 aromatic carbocycles. The molecule has 0 radical (unpaired) electrons. The van der Waals surface area contributed by atoms with Gasteiger partial charge in [0, 0.05) is 24.3 Å². The van der Waals surface area contributed by atoms with E-state index in [9.17, 15) is 13.2 Å². The maximum atomic E-state index is 12.8. The van der Waals surface area contributed by atoms with Gasteiger partial charge in [-0.2, -0.15) is 4.31 Å². The highest BCUT2D eigenvalue weighted by Gasteiger charge is 2.25. The van der Waals surface area contributed by atoms with Crippen molar-refractivity contribution in [3.63, 3.8) is 0 Å². The molecule has 0 spiro atoms. The smallest absolute Gasteiger partial charge is 0.243 e. The van der Waals surface area contributed by atoms with Gasteiger partial charge in [0.05, 0.1) is 17.0 Å². The molecule has 0 aliphatic carbocycles. The number of sulfonamides is 1. The standard InChI is InChI=1S/C24H27N3O4S/c1-17-18(2)31-24(25-17)20-7-6-8-21(16-20)26-23(28)15-19-9-11-22(12-10-19)32(29,30)27-13-4-3-5-14-27/h6-12,16H,3-5,13-15H2,1-2H3,(H,26,28).